The van der Waals surface area contributed by atoms with Gasteiger partial charge in [-0.05, 0) is 43.2 Å². The zero-order valence-corrected chi connectivity index (χ0v) is 14.0. The summed E-state index contributed by atoms with van der Waals surface area (Å²) in [5, 5.41) is 6.12. The topological polar surface area (TPSA) is 63.2 Å². The van der Waals surface area contributed by atoms with Crippen LogP contribution in [-0.4, -0.2) is 18.1 Å². The molecule has 3 aromatic rings. The Hall–Kier alpha value is -2.60. The molecule has 0 aliphatic carbocycles. The molecule has 0 bridgehead atoms. The molecule has 5 nitrogen and oxygen atoms in total. The maximum Gasteiger partial charge on any atom is 0.325 e. The van der Waals surface area contributed by atoms with Crippen LogP contribution < -0.4 is 15.4 Å². The summed E-state index contributed by atoms with van der Waals surface area (Å²) in [6.07, 6.45) is 0. The molecule has 2 aromatic carbocycles. The Labute approximate surface area is 138 Å². The third-order valence-corrected chi connectivity index (χ3v) is 4.53. The second-order valence-corrected chi connectivity index (χ2v) is 6.23. The summed E-state index contributed by atoms with van der Waals surface area (Å²) in [7, 11) is 1.61. The molecule has 0 fully saturated rings. The van der Waals surface area contributed by atoms with Gasteiger partial charge >= 0.3 is 6.03 Å². The number of benzene rings is 2. The predicted molar refractivity (Wildman–Crippen MR) is 94.7 cm³/mol. The second-order valence-electron chi connectivity index (χ2n) is 5.23. The number of thiazole rings is 1. The highest BCUT2D eigenvalue weighted by Crippen LogP contribution is 2.34. The van der Waals surface area contributed by atoms with Crippen molar-refractivity contribution in [2.24, 2.45) is 0 Å². The van der Waals surface area contributed by atoms with E-state index in [1.165, 1.54) is 11.3 Å². The number of fused-ring (bicyclic) bond motifs is 1. The first-order valence-corrected chi connectivity index (χ1v) is 7.97. The number of ether oxygens (including phenoxy) is 1. The van der Waals surface area contributed by atoms with Gasteiger partial charge in [-0.1, -0.05) is 29.5 Å². The van der Waals surface area contributed by atoms with E-state index in [1.54, 1.807) is 7.11 Å². The van der Waals surface area contributed by atoms with E-state index in [1.807, 2.05) is 50.2 Å². The lowest BCUT2D eigenvalue weighted by molar-refractivity contribution is 0.262. The number of methoxy groups -OCH3 is 1. The summed E-state index contributed by atoms with van der Waals surface area (Å²) in [4.78, 5) is 16.6. The minimum atomic E-state index is -0.314. The van der Waals surface area contributed by atoms with Crippen LogP contribution in [-0.2, 0) is 0 Å². The zero-order valence-electron chi connectivity index (χ0n) is 13.1. The number of rotatable bonds is 3. The lowest BCUT2D eigenvalue weighted by atomic mass is 10.2. The second kappa shape index (κ2) is 6.26. The molecule has 23 heavy (non-hydrogen) atoms. The summed E-state index contributed by atoms with van der Waals surface area (Å²) in [5.74, 6) is 0.703. The number of anilines is 2. The predicted octanol–water partition coefficient (Wildman–Crippen LogP) is 4.57. The van der Waals surface area contributed by atoms with Gasteiger partial charge in [0.25, 0.3) is 0 Å². The Morgan fingerprint density at radius 3 is 2.74 bits per heavy atom. The van der Waals surface area contributed by atoms with Crippen LogP contribution in [0.15, 0.2) is 36.4 Å². The minimum Gasteiger partial charge on any atom is -0.494 e. The van der Waals surface area contributed by atoms with Crippen molar-refractivity contribution in [3.8, 4) is 5.75 Å². The summed E-state index contributed by atoms with van der Waals surface area (Å²) in [6, 6.07) is 11.2. The summed E-state index contributed by atoms with van der Waals surface area (Å²) < 4.78 is 6.33. The molecule has 118 valence electrons. The number of hydrogen-bond donors (Lipinski definition) is 2. The Kier molecular flexibility index (Phi) is 4.16. The first-order chi connectivity index (χ1) is 11.1. The summed E-state index contributed by atoms with van der Waals surface area (Å²) in [6.45, 7) is 3.99. The van der Waals surface area contributed by atoms with Crippen LogP contribution in [0.2, 0.25) is 0 Å². The fourth-order valence-electron chi connectivity index (χ4n) is 2.31. The molecule has 6 heteroatoms. The normalized spacial score (nSPS) is 10.6. The van der Waals surface area contributed by atoms with Crippen LogP contribution in [0.25, 0.3) is 10.2 Å². The Morgan fingerprint density at radius 1 is 1.17 bits per heavy atom. The van der Waals surface area contributed by atoms with Gasteiger partial charge in [0, 0.05) is 5.69 Å². The van der Waals surface area contributed by atoms with Crippen LogP contribution >= 0.6 is 11.3 Å². The molecule has 0 spiro atoms. The number of aryl methyl sites for hydroxylation is 2. The first-order valence-electron chi connectivity index (χ1n) is 7.15. The molecule has 0 radical (unpaired) electrons. The SMILES string of the molecule is COc1ccc(C)c2sc(NC(=O)Nc3cccc(C)c3)nc12. The van der Waals surface area contributed by atoms with Crippen molar-refractivity contribution in [3.05, 3.63) is 47.5 Å². The van der Waals surface area contributed by atoms with E-state index < -0.39 is 0 Å². The third-order valence-electron chi connectivity index (χ3n) is 3.42. The summed E-state index contributed by atoms with van der Waals surface area (Å²) >= 11 is 1.43. The average molecular weight is 327 g/mol. The average Bonchev–Trinajstić information content (AvgIpc) is 2.92. The van der Waals surface area contributed by atoms with E-state index in [9.17, 15) is 4.79 Å². The van der Waals surface area contributed by atoms with Gasteiger partial charge in [0.15, 0.2) is 5.13 Å². The number of urea groups is 1. The van der Waals surface area contributed by atoms with Gasteiger partial charge in [-0.15, -0.1) is 0 Å². The van der Waals surface area contributed by atoms with Crippen LogP contribution in [0, 0.1) is 13.8 Å². The monoisotopic (exact) mass is 327 g/mol. The van der Waals surface area contributed by atoms with Gasteiger partial charge in [0.05, 0.1) is 11.8 Å². The number of nitrogens with zero attached hydrogens (tertiary/aromatic N) is 1. The van der Waals surface area contributed by atoms with E-state index >= 15 is 0 Å². The fraction of sp³-hybridized carbons (Fsp3) is 0.176. The van der Waals surface area contributed by atoms with E-state index in [2.05, 4.69) is 15.6 Å². The van der Waals surface area contributed by atoms with Gasteiger partial charge in [-0.3, -0.25) is 5.32 Å². The minimum absolute atomic E-state index is 0.314. The molecule has 0 unspecified atom stereocenters. The Morgan fingerprint density at radius 2 is 2.00 bits per heavy atom. The molecule has 1 aromatic heterocycles. The van der Waals surface area contributed by atoms with Crippen molar-refractivity contribution in [2.75, 3.05) is 17.7 Å². The number of carbonyl (C=O) groups is 1. The number of amides is 2. The Bertz CT molecular complexity index is 873. The lowest BCUT2D eigenvalue weighted by Crippen LogP contribution is -2.19. The molecular formula is C17H17N3O2S. The number of hydrogen-bond acceptors (Lipinski definition) is 4. The summed E-state index contributed by atoms with van der Waals surface area (Å²) in [5.41, 5.74) is 3.70. The highest BCUT2D eigenvalue weighted by molar-refractivity contribution is 7.22. The molecule has 0 atom stereocenters. The zero-order chi connectivity index (χ0) is 16.4. The van der Waals surface area contributed by atoms with Gasteiger partial charge in [-0.2, -0.15) is 0 Å². The third kappa shape index (κ3) is 3.27. The number of aromatic nitrogens is 1. The molecule has 1 heterocycles. The molecule has 0 saturated carbocycles. The van der Waals surface area contributed by atoms with Gasteiger partial charge < -0.3 is 10.1 Å². The van der Waals surface area contributed by atoms with E-state index in [0.29, 0.717) is 10.9 Å². The first kappa shape index (κ1) is 15.3. The highest BCUT2D eigenvalue weighted by Gasteiger charge is 2.13. The van der Waals surface area contributed by atoms with Gasteiger partial charge in [-0.25, -0.2) is 9.78 Å². The molecule has 3 rings (SSSR count). The lowest BCUT2D eigenvalue weighted by Gasteiger charge is -2.05. The van der Waals surface area contributed by atoms with Crippen molar-refractivity contribution < 1.29 is 9.53 Å². The molecular weight excluding hydrogens is 310 g/mol. The fourth-order valence-corrected chi connectivity index (χ4v) is 3.26. The van der Waals surface area contributed by atoms with Crippen molar-refractivity contribution in [1.82, 2.24) is 4.98 Å². The maximum absolute atomic E-state index is 12.1. The molecule has 0 saturated heterocycles. The Balaban J connectivity index is 1.81. The molecule has 0 aliphatic heterocycles. The van der Waals surface area contributed by atoms with Crippen LogP contribution in [0.5, 0.6) is 5.75 Å². The number of carbonyl (C=O) groups excluding carboxylic acids is 1. The van der Waals surface area contributed by atoms with Gasteiger partial charge in [0.2, 0.25) is 0 Å². The van der Waals surface area contributed by atoms with Crippen molar-refractivity contribution in [3.63, 3.8) is 0 Å². The standard InChI is InChI=1S/C17H17N3O2S/c1-10-5-4-6-12(9-10)18-16(21)20-17-19-14-13(22-3)8-7-11(2)15(14)23-17/h4-9H,1-3H3,(H2,18,19,20,21). The number of nitrogens with one attached hydrogen (secondary N) is 2. The largest absolute Gasteiger partial charge is 0.494 e. The van der Waals surface area contributed by atoms with E-state index in [-0.39, 0.29) is 6.03 Å². The van der Waals surface area contributed by atoms with Crippen LogP contribution in [0.4, 0.5) is 15.6 Å². The van der Waals surface area contributed by atoms with Crippen molar-refractivity contribution in [1.29, 1.82) is 0 Å². The van der Waals surface area contributed by atoms with E-state index in [4.69, 9.17) is 4.74 Å². The van der Waals surface area contributed by atoms with Crippen molar-refractivity contribution >= 4 is 38.4 Å². The molecule has 0 aliphatic rings. The quantitative estimate of drug-likeness (QED) is 0.741. The molecule has 2 N–H and O–H groups in total. The molecule has 2 amide bonds. The van der Waals surface area contributed by atoms with Gasteiger partial charge in [0.1, 0.15) is 11.3 Å². The van der Waals surface area contributed by atoms with Crippen LogP contribution in [0.1, 0.15) is 11.1 Å². The van der Waals surface area contributed by atoms with Crippen LogP contribution in [0.3, 0.4) is 0 Å². The van der Waals surface area contributed by atoms with E-state index in [0.717, 1.165) is 27.0 Å². The smallest absolute Gasteiger partial charge is 0.325 e. The maximum atomic E-state index is 12.1. The highest BCUT2D eigenvalue weighted by atomic mass is 32.1. The van der Waals surface area contributed by atoms with Crippen molar-refractivity contribution in [2.45, 2.75) is 13.8 Å².